The first-order valence-corrected chi connectivity index (χ1v) is 6.90. The average Bonchev–Trinajstić information content (AvgIpc) is 2.85. The number of rotatable bonds is 6. The minimum atomic E-state index is -1.05. The smallest absolute Gasteiger partial charge is 0.339 e. The van der Waals surface area contributed by atoms with E-state index in [0.717, 1.165) is 5.56 Å². The lowest BCUT2D eigenvalue weighted by atomic mass is 10.1. The van der Waals surface area contributed by atoms with Crippen LogP contribution in [0.1, 0.15) is 27.4 Å². The van der Waals surface area contributed by atoms with Gasteiger partial charge in [0.1, 0.15) is 30.2 Å². The van der Waals surface area contributed by atoms with Crippen LogP contribution in [0.2, 0.25) is 0 Å². The number of hydrogen-bond acceptors (Lipinski definition) is 5. The molecule has 0 unspecified atom stereocenters. The Balaban J connectivity index is 2.17. The van der Waals surface area contributed by atoms with Gasteiger partial charge >= 0.3 is 5.97 Å². The number of nitrogens with zero attached hydrogens (tertiary/aromatic N) is 1. The van der Waals surface area contributed by atoms with Crippen molar-refractivity contribution in [2.45, 2.75) is 20.1 Å². The maximum atomic E-state index is 11.3. The summed E-state index contributed by atoms with van der Waals surface area (Å²) in [6.45, 7) is 2.23. The van der Waals surface area contributed by atoms with Crippen molar-refractivity contribution >= 4 is 21.9 Å². The van der Waals surface area contributed by atoms with E-state index in [1.54, 1.807) is 26.2 Å². The molecule has 0 saturated carbocycles. The second kappa shape index (κ2) is 6.73. The van der Waals surface area contributed by atoms with Gasteiger partial charge in [-0.1, -0.05) is 21.1 Å². The topological polar surface area (TPSA) is 81.8 Å². The van der Waals surface area contributed by atoms with Crippen molar-refractivity contribution in [1.29, 1.82) is 0 Å². The van der Waals surface area contributed by atoms with Gasteiger partial charge < -0.3 is 19.1 Å². The number of ether oxygens (including phenoxy) is 2. The number of aryl methyl sites for hydroxylation is 1. The van der Waals surface area contributed by atoms with E-state index in [1.807, 2.05) is 0 Å². The molecule has 1 N–H and O–H groups in total. The normalized spacial score (nSPS) is 10.6. The average molecular weight is 356 g/mol. The van der Waals surface area contributed by atoms with Crippen molar-refractivity contribution in [2.75, 3.05) is 7.11 Å². The summed E-state index contributed by atoms with van der Waals surface area (Å²) in [5.74, 6) is -0.140. The number of methoxy groups -OCH3 is 1. The van der Waals surface area contributed by atoms with Gasteiger partial charge in [0.15, 0.2) is 5.76 Å². The van der Waals surface area contributed by atoms with Gasteiger partial charge in [0.05, 0.1) is 0 Å². The highest BCUT2D eigenvalue weighted by Crippen LogP contribution is 2.28. The summed E-state index contributed by atoms with van der Waals surface area (Å²) in [5, 5.41) is 13.1. The molecule has 0 atom stereocenters. The zero-order chi connectivity index (χ0) is 15.4. The van der Waals surface area contributed by atoms with Crippen LogP contribution in [0.5, 0.6) is 5.75 Å². The molecule has 0 aliphatic carbocycles. The molecule has 2 aromatic rings. The third-order valence-electron chi connectivity index (χ3n) is 2.73. The van der Waals surface area contributed by atoms with Crippen molar-refractivity contribution in [2.24, 2.45) is 0 Å². The Kier molecular flexibility index (Phi) is 4.98. The molecule has 1 heterocycles. The Morgan fingerprint density at radius 2 is 2.14 bits per heavy atom. The van der Waals surface area contributed by atoms with E-state index in [4.69, 9.17) is 14.0 Å². The molecule has 0 spiro atoms. The number of hydrogen-bond donors (Lipinski definition) is 1. The van der Waals surface area contributed by atoms with E-state index in [1.165, 1.54) is 6.07 Å². The molecule has 112 valence electrons. The number of aromatic carboxylic acids is 1. The zero-order valence-corrected chi connectivity index (χ0v) is 13.1. The fraction of sp³-hybridized carbons (Fsp3) is 0.286. The summed E-state index contributed by atoms with van der Waals surface area (Å²) in [4.78, 5) is 11.3. The first-order chi connectivity index (χ1) is 10.0. The standard InChI is InChI=1S/C14H14BrNO5/c1-8-3-9(15)4-12(14(17)18)13(8)20-6-10-5-11(7-19-2)21-16-10/h3-5H,6-7H2,1-2H3,(H,17,18). The molecule has 0 aliphatic heterocycles. The van der Waals surface area contributed by atoms with Gasteiger partial charge in [-0.2, -0.15) is 0 Å². The van der Waals surface area contributed by atoms with E-state index >= 15 is 0 Å². The minimum Gasteiger partial charge on any atom is -0.486 e. The molecule has 0 amide bonds. The van der Waals surface area contributed by atoms with Crippen LogP contribution in [0, 0.1) is 6.92 Å². The number of aromatic nitrogens is 1. The number of carboxylic acids is 1. The number of carbonyl (C=O) groups is 1. The van der Waals surface area contributed by atoms with Gasteiger partial charge in [0, 0.05) is 17.6 Å². The molecule has 2 rings (SSSR count). The monoisotopic (exact) mass is 355 g/mol. The molecular formula is C14H14BrNO5. The van der Waals surface area contributed by atoms with E-state index < -0.39 is 5.97 Å². The molecule has 0 saturated heterocycles. The number of carboxylic acid groups (broad SMARTS) is 1. The molecule has 1 aromatic carbocycles. The van der Waals surface area contributed by atoms with Crippen LogP contribution in [0.15, 0.2) is 27.2 Å². The lowest BCUT2D eigenvalue weighted by molar-refractivity contribution is 0.0691. The Bertz CT molecular complexity index is 653. The molecule has 7 heteroatoms. The largest absolute Gasteiger partial charge is 0.486 e. The van der Waals surface area contributed by atoms with Crippen molar-refractivity contribution in [3.63, 3.8) is 0 Å². The van der Waals surface area contributed by atoms with Crippen molar-refractivity contribution in [3.05, 3.63) is 45.3 Å². The second-order valence-electron chi connectivity index (χ2n) is 4.41. The summed E-state index contributed by atoms with van der Waals surface area (Å²) in [7, 11) is 1.56. The lowest BCUT2D eigenvalue weighted by Gasteiger charge is -2.11. The lowest BCUT2D eigenvalue weighted by Crippen LogP contribution is -2.05. The van der Waals surface area contributed by atoms with Crippen LogP contribution in [0.3, 0.4) is 0 Å². The van der Waals surface area contributed by atoms with Crippen molar-refractivity contribution in [3.8, 4) is 5.75 Å². The van der Waals surface area contributed by atoms with Crippen LogP contribution < -0.4 is 4.74 Å². The predicted octanol–water partition coefficient (Wildman–Crippen LogP) is 3.17. The van der Waals surface area contributed by atoms with Gasteiger partial charge in [-0.15, -0.1) is 0 Å². The summed E-state index contributed by atoms with van der Waals surface area (Å²) in [6, 6.07) is 5.00. The summed E-state index contributed by atoms with van der Waals surface area (Å²) in [5.41, 5.74) is 1.39. The molecule has 6 nitrogen and oxygen atoms in total. The Morgan fingerprint density at radius 3 is 2.81 bits per heavy atom. The van der Waals surface area contributed by atoms with Crippen LogP contribution in [0.4, 0.5) is 0 Å². The zero-order valence-electron chi connectivity index (χ0n) is 11.6. The molecule has 0 radical (unpaired) electrons. The highest BCUT2D eigenvalue weighted by molar-refractivity contribution is 9.10. The number of halogens is 1. The summed E-state index contributed by atoms with van der Waals surface area (Å²) < 4.78 is 16.3. The van der Waals surface area contributed by atoms with Crippen LogP contribution in [-0.2, 0) is 18.0 Å². The van der Waals surface area contributed by atoms with Gasteiger partial charge in [0.2, 0.25) is 0 Å². The third kappa shape index (κ3) is 3.83. The second-order valence-corrected chi connectivity index (χ2v) is 5.33. The summed E-state index contributed by atoms with van der Waals surface area (Å²) >= 11 is 3.27. The van der Waals surface area contributed by atoms with Crippen molar-refractivity contribution < 1.29 is 23.9 Å². The summed E-state index contributed by atoms with van der Waals surface area (Å²) in [6.07, 6.45) is 0. The molecule has 0 aliphatic rings. The molecule has 0 fully saturated rings. The fourth-order valence-electron chi connectivity index (χ4n) is 1.86. The maximum Gasteiger partial charge on any atom is 0.339 e. The first-order valence-electron chi connectivity index (χ1n) is 6.11. The highest BCUT2D eigenvalue weighted by Gasteiger charge is 2.16. The van der Waals surface area contributed by atoms with E-state index in [0.29, 0.717) is 28.3 Å². The Hall–Kier alpha value is -1.86. The quantitative estimate of drug-likeness (QED) is 0.856. The van der Waals surface area contributed by atoms with Gasteiger partial charge in [-0.05, 0) is 24.6 Å². The SMILES string of the molecule is COCc1cc(COc2c(C)cc(Br)cc2C(=O)O)no1. The van der Waals surface area contributed by atoms with Crippen LogP contribution >= 0.6 is 15.9 Å². The van der Waals surface area contributed by atoms with E-state index in [9.17, 15) is 9.90 Å². The van der Waals surface area contributed by atoms with Crippen LogP contribution in [0.25, 0.3) is 0 Å². The molecule has 21 heavy (non-hydrogen) atoms. The fourth-order valence-corrected chi connectivity index (χ4v) is 2.43. The van der Waals surface area contributed by atoms with Crippen molar-refractivity contribution in [1.82, 2.24) is 5.16 Å². The highest BCUT2D eigenvalue weighted by atomic mass is 79.9. The molecule has 0 bridgehead atoms. The van der Waals surface area contributed by atoms with Crippen LogP contribution in [-0.4, -0.2) is 23.3 Å². The van der Waals surface area contributed by atoms with Gasteiger partial charge in [0.25, 0.3) is 0 Å². The maximum absolute atomic E-state index is 11.3. The Labute approximate surface area is 129 Å². The van der Waals surface area contributed by atoms with Gasteiger partial charge in [-0.25, -0.2) is 4.79 Å². The minimum absolute atomic E-state index is 0.0995. The van der Waals surface area contributed by atoms with E-state index in [2.05, 4.69) is 21.1 Å². The predicted molar refractivity (Wildman–Crippen MR) is 77.4 cm³/mol. The van der Waals surface area contributed by atoms with E-state index in [-0.39, 0.29) is 12.2 Å². The number of benzene rings is 1. The Morgan fingerprint density at radius 1 is 1.38 bits per heavy atom. The molecule has 1 aromatic heterocycles. The van der Waals surface area contributed by atoms with Gasteiger partial charge in [-0.3, -0.25) is 0 Å². The molecular weight excluding hydrogens is 342 g/mol. The third-order valence-corrected chi connectivity index (χ3v) is 3.19. The first kappa shape index (κ1) is 15.5.